The summed E-state index contributed by atoms with van der Waals surface area (Å²) in [7, 11) is 0. The fourth-order valence-corrected chi connectivity index (χ4v) is 3.28. The zero-order valence-electron chi connectivity index (χ0n) is 14.7. The standard InChI is InChI=1S/C18H21N5O4/c1-10(11-5-3-2-4-6-11)22-16-13-17(20-8-19-16)23(9-21-13)18-15(26)14(25)12(7-24)27-18/h2-6,8-10,12,14-15,18,24-26H,7H2,1H3,(H,19,20,22)/t10-,12+,14?,15-,18+/m0/s1. The molecule has 2 aromatic heterocycles. The molecule has 0 radical (unpaired) electrons. The maximum absolute atomic E-state index is 10.3. The second kappa shape index (κ2) is 7.20. The average Bonchev–Trinajstić information content (AvgIpc) is 3.25. The van der Waals surface area contributed by atoms with Gasteiger partial charge in [-0.05, 0) is 12.5 Å². The van der Waals surface area contributed by atoms with Gasteiger partial charge in [0, 0.05) is 0 Å². The first-order chi connectivity index (χ1) is 13.1. The molecule has 1 aliphatic heterocycles. The summed E-state index contributed by atoms with van der Waals surface area (Å²) in [5.41, 5.74) is 2.09. The number of imidazole rings is 1. The zero-order valence-corrected chi connectivity index (χ0v) is 14.7. The lowest BCUT2D eigenvalue weighted by Crippen LogP contribution is -2.33. The lowest BCUT2D eigenvalue weighted by Gasteiger charge is -2.17. The molecule has 0 amide bonds. The molecule has 1 saturated heterocycles. The second-order valence-electron chi connectivity index (χ2n) is 6.55. The maximum atomic E-state index is 10.3. The number of aliphatic hydroxyl groups excluding tert-OH is 3. The fourth-order valence-electron chi connectivity index (χ4n) is 3.28. The first-order valence-corrected chi connectivity index (χ1v) is 8.71. The number of aromatic nitrogens is 4. The monoisotopic (exact) mass is 371 g/mol. The molecule has 1 fully saturated rings. The van der Waals surface area contributed by atoms with Crippen molar-refractivity contribution in [3.8, 4) is 0 Å². The Labute approximate surface area is 155 Å². The molecule has 4 N–H and O–H groups in total. The van der Waals surface area contributed by atoms with Crippen LogP contribution in [0.2, 0.25) is 0 Å². The molecule has 3 heterocycles. The summed E-state index contributed by atoms with van der Waals surface area (Å²) in [6.07, 6.45) is -1.25. The summed E-state index contributed by atoms with van der Waals surface area (Å²) >= 11 is 0. The highest BCUT2D eigenvalue weighted by atomic mass is 16.6. The van der Waals surface area contributed by atoms with E-state index in [1.165, 1.54) is 12.7 Å². The lowest BCUT2D eigenvalue weighted by atomic mass is 10.1. The topological polar surface area (TPSA) is 126 Å². The van der Waals surface area contributed by atoms with Gasteiger partial charge in [0.15, 0.2) is 23.2 Å². The first-order valence-electron chi connectivity index (χ1n) is 8.71. The molecular weight excluding hydrogens is 350 g/mol. The molecule has 4 rings (SSSR count). The van der Waals surface area contributed by atoms with Crippen LogP contribution in [0.15, 0.2) is 43.0 Å². The van der Waals surface area contributed by atoms with E-state index in [4.69, 9.17) is 4.74 Å². The third kappa shape index (κ3) is 3.15. The van der Waals surface area contributed by atoms with Crippen molar-refractivity contribution in [3.63, 3.8) is 0 Å². The summed E-state index contributed by atoms with van der Waals surface area (Å²) < 4.78 is 7.11. The number of hydrogen-bond acceptors (Lipinski definition) is 8. The van der Waals surface area contributed by atoms with E-state index in [1.807, 2.05) is 37.3 Å². The van der Waals surface area contributed by atoms with E-state index in [-0.39, 0.29) is 6.04 Å². The number of anilines is 1. The maximum Gasteiger partial charge on any atom is 0.167 e. The van der Waals surface area contributed by atoms with Gasteiger partial charge in [-0.3, -0.25) is 4.57 Å². The first kappa shape index (κ1) is 17.8. The largest absolute Gasteiger partial charge is 0.394 e. The number of ether oxygens (including phenoxy) is 1. The van der Waals surface area contributed by atoms with E-state index >= 15 is 0 Å². The van der Waals surface area contributed by atoms with Crippen LogP contribution in [0.3, 0.4) is 0 Å². The van der Waals surface area contributed by atoms with Gasteiger partial charge in [0.05, 0.1) is 19.0 Å². The van der Waals surface area contributed by atoms with Crippen molar-refractivity contribution in [1.29, 1.82) is 0 Å². The summed E-state index contributed by atoms with van der Waals surface area (Å²) in [5, 5.41) is 32.8. The number of fused-ring (bicyclic) bond motifs is 1. The Morgan fingerprint density at radius 3 is 2.63 bits per heavy atom. The molecule has 9 heteroatoms. The van der Waals surface area contributed by atoms with Crippen LogP contribution in [0.25, 0.3) is 11.2 Å². The summed E-state index contributed by atoms with van der Waals surface area (Å²) in [6.45, 7) is 1.63. The quantitative estimate of drug-likeness (QED) is 0.514. The molecule has 1 unspecified atom stereocenters. The number of rotatable bonds is 5. The second-order valence-corrected chi connectivity index (χ2v) is 6.55. The Kier molecular flexibility index (Phi) is 4.75. The lowest BCUT2D eigenvalue weighted by molar-refractivity contribution is -0.0511. The van der Waals surface area contributed by atoms with Gasteiger partial charge >= 0.3 is 0 Å². The number of aliphatic hydroxyl groups is 3. The van der Waals surface area contributed by atoms with Crippen molar-refractivity contribution >= 4 is 17.0 Å². The van der Waals surface area contributed by atoms with Gasteiger partial charge in [0.1, 0.15) is 24.6 Å². The van der Waals surface area contributed by atoms with Gasteiger partial charge in [-0.1, -0.05) is 30.3 Å². The van der Waals surface area contributed by atoms with Gasteiger partial charge < -0.3 is 25.4 Å². The molecule has 1 aliphatic rings. The van der Waals surface area contributed by atoms with Crippen LogP contribution in [0, 0.1) is 0 Å². The van der Waals surface area contributed by atoms with Crippen LogP contribution < -0.4 is 5.32 Å². The summed E-state index contributed by atoms with van der Waals surface area (Å²) in [5.74, 6) is 0.557. The predicted octanol–water partition coefficient (Wildman–Crippen LogP) is 0.611. The van der Waals surface area contributed by atoms with Crippen LogP contribution in [0.4, 0.5) is 5.82 Å². The SMILES string of the molecule is C[C@H](Nc1ncnc2c1ncn2[C@@H]1O[C@H](CO)C(O)[C@@H]1O)c1ccccc1. The normalized spacial score (nSPS) is 26.4. The Hall–Kier alpha value is -2.59. The Bertz CT molecular complexity index is 919. The summed E-state index contributed by atoms with van der Waals surface area (Å²) in [4.78, 5) is 12.9. The Morgan fingerprint density at radius 1 is 1.15 bits per heavy atom. The zero-order chi connectivity index (χ0) is 19.0. The van der Waals surface area contributed by atoms with E-state index in [9.17, 15) is 15.3 Å². The van der Waals surface area contributed by atoms with Crippen LogP contribution in [-0.2, 0) is 4.74 Å². The van der Waals surface area contributed by atoms with Crippen LogP contribution in [0.1, 0.15) is 24.8 Å². The van der Waals surface area contributed by atoms with Crippen molar-refractivity contribution in [3.05, 3.63) is 48.5 Å². The highest BCUT2D eigenvalue weighted by molar-refractivity contribution is 5.82. The smallest absolute Gasteiger partial charge is 0.167 e. The van der Waals surface area contributed by atoms with Gasteiger partial charge in [-0.25, -0.2) is 15.0 Å². The molecular formula is C18H21N5O4. The minimum Gasteiger partial charge on any atom is -0.394 e. The van der Waals surface area contributed by atoms with Crippen LogP contribution in [-0.4, -0.2) is 59.8 Å². The van der Waals surface area contributed by atoms with Crippen molar-refractivity contribution in [1.82, 2.24) is 19.5 Å². The molecule has 1 aromatic carbocycles. The minimum atomic E-state index is -1.20. The Balaban J connectivity index is 1.64. The van der Waals surface area contributed by atoms with Crippen molar-refractivity contribution in [2.24, 2.45) is 0 Å². The van der Waals surface area contributed by atoms with Gasteiger partial charge in [-0.2, -0.15) is 0 Å². The van der Waals surface area contributed by atoms with Crippen molar-refractivity contribution < 1.29 is 20.1 Å². The van der Waals surface area contributed by atoms with E-state index in [0.717, 1.165) is 5.56 Å². The third-order valence-corrected chi connectivity index (χ3v) is 4.80. The molecule has 27 heavy (non-hydrogen) atoms. The van der Waals surface area contributed by atoms with Gasteiger partial charge in [0.25, 0.3) is 0 Å². The fraction of sp³-hybridized carbons (Fsp3) is 0.389. The third-order valence-electron chi connectivity index (χ3n) is 4.80. The van der Waals surface area contributed by atoms with Crippen molar-refractivity contribution in [2.75, 3.05) is 11.9 Å². The molecule has 0 bridgehead atoms. The number of benzene rings is 1. The molecule has 0 spiro atoms. The van der Waals surface area contributed by atoms with Gasteiger partial charge in [-0.15, -0.1) is 0 Å². The minimum absolute atomic E-state index is 0.00311. The molecule has 142 valence electrons. The van der Waals surface area contributed by atoms with E-state index in [1.54, 1.807) is 4.57 Å². The number of hydrogen-bond donors (Lipinski definition) is 4. The van der Waals surface area contributed by atoms with Crippen LogP contribution in [0.5, 0.6) is 0 Å². The molecule has 5 atom stereocenters. The number of nitrogens with zero attached hydrogens (tertiary/aromatic N) is 4. The summed E-state index contributed by atoms with van der Waals surface area (Å²) in [6, 6.07) is 9.95. The molecule has 9 nitrogen and oxygen atoms in total. The van der Waals surface area contributed by atoms with E-state index < -0.39 is 31.1 Å². The average molecular weight is 371 g/mol. The van der Waals surface area contributed by atoms with Crippen molar-refractivity contribution in [2.45, 2.75) is 37.5 Å². The number of nitrogens with one attached hydrogen (secondary N) is 1. The molecule has 0 aliphatic carbocycles. The highest BCUT2D eigenvalue weighted by Crippen LogP contribution is 2.32. The molecule has 0 saturated carbocycles. The van der Waals surface area contributed by atoms with Gasteiger partial charge in [0.2, 0.25) is 0 Å². The van der Waals surface area contributed by atoms with E-state index in [0.29, 0.717) is 17.0 Å². The molecule has 3 aromatic rings. The van der Waals surface area contributed by atoms with E-state index in [2.05, 4.69) is 20.3 Å². The highest BCUT2D eigenvalue weighted by Gasteiger charge is 2.44. The Morgan fingerprint density at radius 2 is 1.93 bits per heavy atom. The van der Waals surface area contributed by atoms with Crippen LogP contribution >= 0.6 is 0 Å². The predicted molar refractivity (Wildman–Crippen MR) is 96.8 cm³/mol.